The van der Waals surface area contributed by atoms with E-state index in [0.717, 1.165) is 13.1 Å². The van der Waals surface area contributed by atoms with E-state index in [4.69, 9.17) is 0 Å². The summed E-state index contributed by atoms with van der Waals surface area (Å²) in [6.07, 6.45) is 3.70. The van der Waals surface area contributed by atoms with E-state index >= 15 is 0 Å². The summed E-state index contributed by atoms with van der Waals surface area (Å²) in [4.78, 5) is 11.6. The highest BCUT2D eigenvalue weighted by Crippen LogP contribution is 2.41. The fourth-order valence-electron chi connectivity index (χ4n) is 3.13. The zero-order valence-electron chi connectivity index (χ0n) is 11.1. The Morgan fingerprint density at radius 3 is 2.79 bits per heavy atom. The smallest absolute Gasteiger partial charge is 0.270 e. The van der Waals surface area contributed by atoms with Gasteiger partial charge in [0.25, 0.3) is 0 Å². The van der Waals surface area contributed by atoms with Gasteiger partial charge in [-0.1, -0.05) is 19.4 Å². The second-order valence-corrected chi connectivity index (χ2v) is 7.26. The highest BCUT2D eigenvalue weighted by atomic mass is 32.2. The van der Waals surface area contributed by atoms with Crippen LogP contribution in [-0.4, -0.2) is 38.3 Å². The lowest BCUT2D eigenvalue weighted by Crippen LogP contribution is -2.48. The van der Waals surface area contributed by atoms with Crippen LogP contribution in [0.3, 0.4) is 0 Å². The maximum absolute atomic E-state index is 11.6. The molecule has 2 aliphatic rings. The number of hydrazine groups is 1. The van der Waals surface area contributed by atoms with Crippen LogP contribution in [0.2, 0.25) is 0 Å². The number of rotatable bonds is 4. The molecule has 1 aliphatic heterocycles. The molecule has 108 valence electrons. The van der Waals surface area contributed by atoms with Gasteiger partial charge in [0.2, 0.25) is 10.0 Å². The Bertz CT molecular complexity index is 463. The molecule has 3 atom stereocenters. The van der Waals surface area contributed by atoms with Crippen molar-refractivity contribution in [3.8, 4) is 0 Å². The van der Waals surface area contributed by atoms with Gasteiger partial charge in [-0.15, -0.1) is 6.58 Å². The number of fused-ring (bicyclic) bond motifs is 1. The first kappa shape index (κ1) is 14.3. The maximum Gasteiger partial charge on any atom is 0.342 e. The summed E-state index contributed by atoms with van der Waals surface area (Å²) in [6, 6.07) is -0.686. The van der Waals surface area contributed by atoms with Crippen molar-refractivity contribution in [1.82, 2.24) is 15.2 Å². The molecule has 1 saturated carbocycles. The molecule has 7 heteroatoms. The second-order valence-electron chi connectivity index (χ2n) is 5.50. The third-order valence-electron chi connectivity index (χ3n) is 4.06. The molecule has 6 nitrogen and oxygen atoms in total. The number of amides is 2. The molecule has 2 N–H and O–H groups in total. The van der Waals surface area contributed by atoms with Crippen LogP contribution in [0.25, 0.3) is 0 Å². The summed E-state index contributed by atoms with van der Waals surface area (Å²) < 4.78 is 24.8. The Labute approximate surface area is 114 Å². The molecular weight excluding hydrogens is 266 g/mol. The monoisotopic (exact) mass is 287 g/mol. The van der Waals surface area contributed by atoms with Gasteiger partial charge in [0.1, 0.15) is 0 Å². The van der Waals surface area contributed by atoms with Crippen LogP contribution in [0.15, 0.2) is 12.7 Å². The number of urea groups is 1. The molecule has 0 radical (unpaired) electrons. The van der Waals surface area contributed by atoms with Crippen LogP contribution in [0.5, 0.6) is 0 Å². The molecule has 2 rings (SSSR count). The van der Waals surface area contributed by atoms with E-state index in [9.17, 15) is 13.2 Å². The van der Waals surface area contributed by atoms with Crippen molar-refractivity contribution in [3.05, 3.63) is 12.7 Å². The number of carbonyl (C=O) groups excluding carboxylic acids is 1. The second kappa shape index (κ2) is 5.50. The highest BCUT2D eigenvalue weighted by molar-refractivity contribution is 7.90. The van der Waals surface area contributed by atoms with Gasteiger partial charge in [-0.05, 0) is 24.2 Å². The Balaban J connectivity index is 1.83. The summed E-state index contributed by atoms with van der Waals surface area (Å²) in [5, 5.41) is 1.82. The van der Waals surface area contributed by atoms with Crippen molar-refractivity contribution >= 4 is 16.1 Å². The molecule has 0 bridgehead atoms. The van der Waals surface area contributed by atoms with Crippen LogP contribution >= 0.6 is 0 Å². The SMILES string of the molecule is C=CCS(=O)(=O)NC(=O)NN1CC2CC[C@H](C)C2C1. The van der Waals surface area contributed by atoms with Gasteiger partial charge in [0.15, 0.2) is 0 Å². The van der Waals surface area contributed by atoms with Gasteiger partial charge in [-0.25, -0.2) is 22.9 Å². The lowest BCUT2D eigenvalue weighted by atomic mass is 9.94. The molecule has 0 spiro atoms. The first-order valence-electron chi connectivity index (χ1n) is 6.58. The highest BCUT2D eigenvalue weighted by Gasteiger charge is 2.41. The van der Waals surface area contributed by atoms with Crippen molar-refractivity contribution in [1.29, 1.82) is 0 Å². The van der Waals surface area contributed by atoms with E-state index in [2.05, 4.69) is 18.9 Å². The Hall–Kier alpha value is -1.08. The number of nitrogens with one attached hydrogen (secondary N) is 2. The van der Waals surface area contributed by atoms with E-state index < -0.39 is 16.1 Å². The fraction of sp³-hybridized carbons (Fsp3) is 0.750. The third kappa shape index (κ3) is 3.48. The van der Waals surface area contributed by atoms with Crippen molar-refractivity contribution in [2.24, 2.45) is 17.8 Å². The van der Waals surface area contributed by atoms with Crippen molar-refractivity contribution < 1.29 is 13.2 Å². The zero-order valence-corrected chi connectivity index (χ0v) is 11.9. The molecule has 2 amide bonds. The summed E-state index contributed by atoms with van der Waals surface area (Å²) in [7, 11) is -3.61. The molecule has 2 fully saturated rings. The minimum absolute atomic E-state index is 0.261. The number of hydrogen-bond acceptors (Lipinski definition) is 4. The van der Waals surface area contributed by atoms with Crippen LogP contribution in [-0.2, 0) is 10.0 Å². The third-order valence-corrected chi connectivity index (χ3v) is 5.23. The molecule has 1 heterocycles. The minimum Gasteiger partial charge on any atom is -0.270 e. The standard InChI is InChI=1S/C12H21N3O3S/c1-3-6-19(17,18)14-12(16)13-15-7-10-5-4-9(2)11(10)8-15/h3,9-11H,1,4-8H2,2H3,(H2,13,14,16)/t9-,10?,11?/m0/s1. The predicted molar refractivity (Wildman–Crippen MR) is 72.6 cm³/mol. The lowest BCUT2D eigenvalue weighted by molar-refractivity contribution is 0.192. The summed E-state index contributed by atoms with van der Waals surface area (Å²) in [5.74, 6) is 1.66. The molecule has 0 aromatic heterocycles. The Morgan fingerprint density at radius 2 is 2.16 bits per heavy atom. The summed E-state index contributed by atoms with van der Waals surface area (Å²) in [5.41, 5.74) is 2.61. The molecular formula is C12H21N3O3S. The number of hydrogen-bond donors (Lipinski definition) is 2. The van der Waals surface area contributed by atoms with Crippen LogP contribution in [0, 0.1) is 17.8 Å². The van der Waals surface area contributed by atoms with Crippen LogP contribution in [0.4, 0.5) is 4.79 Å². The van der Waals surface area contributed by atoms with Gasteiger partial charge in [-0.3, -0.25) is 5.43 Å². The van der Waals surface area contributed by atoms with E-state index in [1.807, 2.05) is 9.73 Å². The lowest BCUT2D eigenvalue weighted by Gasteiger charge is -2.19. The number of nitrogens with zero attached hydrogens (tertiary/aromatic N) is 1. The van der Waals surface area contributed by atoms with E-state index in [1.165, 1.54) is 18.9 Å². The van der Waals surface area contributed by atoms with Gasteiger partial charge in [0, 0.05) is 13.1 Å². The largest absolute Gasteiger partial charge is 0.342 e. The number of carbonyl (C=O) groups is 1. The van der Waals surface area contributed by atoms with Gasteiger partial charge in [-0.2, -0.15) is 0 Å². The molecule has 2 unspecified atom stereocenters. The van der Waals surface area contributed by atoms with E-state index in [0.29, 0.717) is 17.8 Å². The maximum atomic E-state index is 11.6. The van der Waals surface area contributed by atoms with Crippen molar-refractivity contribution in [2.75, 3.05) is 18.8 Å². The molecule has 1 saturated heterocycles. The quantitative estimate of drug-likeness (QED) is 0.746. The van der Waals surface area contributed by atoms with Gasteiger partial charge in [0.05, 0.1) is 5.75 Å². The average molecular weight is 287 g/mol. The molecule has 0 aromatic carbocycles. The summed E-state index contributed by atoms with van der Waals surface area (Å²) >= 11 is 0. The predicted octanol–water partition coefficient (Wildman–Crippen LogP) is 0.694. The first-order chi connectivity index (χ1) is 8.91. The van der Waals surface area contributed by atoms with Gasteiger partial charge < -0.3 is 0 Å². The van der Waals surface area contributed by atoms with Crippen molar-refractivity contribution in [2.45, 2.75) is 19.8 Å². The molecule has 0 aromatic rings. The summed E-state index contributed by atoms with van der Waals surface area (Å²) in [6.45, 7) is 7.20. The Morgan fingerprint density at radius 1 is 1.42 bits per heavy atom. The number of sulfonamides is 1. The van der Waals surface area contributed by atoms with Gasteiger partial charge >= 0.3 is 6.03 Å². The Kier molecular flexibility index (Phi) is 4.15. The first-order valence-corrected chi connectivity index (χ1v) is 8.23. The normalized spacial score (nSPS) is 30.9. The van der Waals surface area contributed by atoms with E-state index in [1.54, 1.807) is 0 Å². The van der Waals surface area contributed by atoms with Crippen LogP contribution in [0.1, 0.15) is 19.8 Å². The molecule has 1 aliphatic carbocycles. The van der Waals surface area contributed by atoms with E-state index in [-0.39, 0.29) is 5.75 Å². The fourth-order valence-corrected chi connectivity index (χ4v) is 3.86. The molecule has 19 heavy (non-hydrogen) atoms. The topological polar surface area (TPSA) is 78.5 Å². The minimum atomic E-state index is -3.61. The average Bonchev–Trinajstić information content (AvgIpc) is 2.80. The van der Waals surface area contributed by atoms with Crippen molar-refractivity contribution in [3.63, 3.8) is 0 Å². The van der Waals surface area contributed by atoms with Crippen LogP contribution < -0.4 is 10.1 Å². The zero-order chi connectivity index (χ0) is 14.0.